The molecule has 39 heavy (non-hydrogen) atoms. The highest BCUT2D eigenvalue weighted by molar-refractivity contribution is 9.10. The molecule has 1 N–H and O–H groups in total. The van der Waals surface area contributed by atoms with Crippen molar-refractivity contribution in [3.8, 4) is 17.0 Å². The van der Waals surface area contributed by atoms with Crippen molar-refractivity contribution in [3.05, 3.63) is 124 Å². The van der Waals surface area contributed by atoms with E-state index in [-0.39, 0.29) is 0 Å². The van der Waals surface area contributed by atoms with Crippen LogP contribution in [0.3, 0.4) is 0 Å². The number of benzene rings is 4. The fraction of sp³-hybridized carbons (Fsp3) is 0.0938. The molecule has 7 heteroatoms. The Bertz CT molecular complexity index is 1670. The Morgan fingerprint density at radius 1 is 0.872 bits per heavy atom. The molecule has 194 valence electrons. The number of methoxy groups -OCH3 is 1. The summed E-state index contributed by atoms with van der Waals surface area (Å²) in [6.07, 6.45) is -1.20. The molecule has 5 rings (SSSR count). The van der Waals surface area contributed by atoms with Gasteiger partial charge in [0.2, 0.25) is 6.10 Å². The average molecular weight is 581 g/mol. The van der Waals surface area contributed by atoms with Crippen LogP contribution in [0, 0.1) is 6.92 Å². The number of aromatic nitrogens is 1. The average Bonchev–Trinajstić information content (AvgIpc) is 2.95. The Kier molecular flexibility index (Phi) is 7.70. The number of pyridine rings is 1. The van der Waals surface area contributed by atoms with Gasteiger partial charge in [0.05, 0.1) is 29.6 Å². The van der Waals surface area contributed by atoms with Crippen molar-refractivity contribution in [3.63, 3.8) is 0 Å². The van der Waals surface area contributed by atoms with E-state index in [1.165, 1.54) is 7.11 Å². The summed E-state index contributed by atoms with van der Waals surface area (Å²) in [4.78, 5) is 32.1. The molecule has 1 unspecified atom stereocenters. The number of aryl methyl sites for hydroxylation is 1. The van der Waals surface area contributed by atoms with Gasteiger partial charge >= 0.3 is 5.97 Å². The quantitative estimate of drug-likeness (QED) is 0.201. The Morgan fingerprint density at radius 2 is 1.64 bits per heavy atom. The van der Waals surface area contributed by atoms with Gasteiger partial charge in [-0.05, 0) is 48.9 Å². The molecule has 0 saturated heterocycles. The maximum absolute atomic E-state index is 13.8. The predicted molar refractivity (Wildman–Crippen MR) is 156 cm³/mol. The number of carbonyl (C=O) groups excluding carboxylic acids is 2. The monoisotopic (exact) mass is 580 g/mol. The third kappa shape index (κ3) is 5.84. The fourth-order valence-electron chi connectivity index (χ4n) is 4.33. The van der Waals surface area contributed by atoms with Gasteiger partial charge < -0.3 is 14.8 Å². The molecule has 0 aliphatic carbocycles. The zero-order chi connectivity index (χ0) is 27.4. The molecule has 5 aromatic rings. The summed E-state index contributed by atoms with van der Waals surface area (Å²) < 4.78 is 12.3. The van der Waals surface area contributed by atoms with Crippen molar-refractivity contribution in [1.82, 2.24) is 4.98 Å². The number of halogens is 1. The molecular formula is C32H25BrN2O4. The lowest BCUT2D eigenvalue weighted by molar-refractivity contribution is -0.125. The minimum Gasteiger partial charge on any atom is -0.495 e. The van der Waals surface area contributed by atoms with E-state index >= 15 is 0 Å². The molecule has 0 radical (unpaired) electrons. The van der Waals surface area contributed by atoms with Crippen LogP contribution in [-0.2, 0) is 9.53 Å². The molecule has 0 saturated carbocycles. The second kappa shape index (κ2) is 11.5. The van der Waals surface area contributed by atoms with Gasteiger partial charge in [-0.25, -0.2) is 9.78 Å². The van der Waals surface area contributed by atoms with E-state index < -0.39 is 18.0 Å². The Balaban J connectivity index is 1.53. The largest absolute Gasteiger partial charge is 0.495 e. The zero-order valence-electron chi connectivity index (χ0n) is 21.4. The van der Waals surface area contributed by atoms with Gasteiger partial charge in [0.25, 0.3) is 5.91 Å². The van der Waals surface area contributed by atoms with Crippen LogP contribution in [0.2, 0.25) is 0 Å². The van der Waals surface area contributed by atoms with Gasteiger partial charge in [-0.3, -0.25) is 4.79 Å². The van der Waals surface area contributed by atoms with Crippen LogP contribution < -0.4 is 10.1 Å². The van der Waals surface area contributed by atoms with Crippen molar-refractivity contribution in [2.24, 2.45) is 0 Å². The molecular weight excluding hydrogens is 556 g/mol. The normalized spacial score (nSPS) is 11.6. The van der Waals surface area contributed by atoms with Crippen molar-refractivity contribution in [2.45, 2.75) is 13.0 Å². The third-order valence-electron chi connectivity index (χ3n) is 6.23. The molecule has 0 spiro atoms. The van der Waals surface area contributed by atoms with Crippen LogP contribution in [0.5, 0.6) is 5.75 Å². The number of nitrogens with zero attached hydrogens (tertiary/aromatic N) is 1. The molecule has 4 aromatic carbocycles. The maximum Gasteiger partial charge on any atom is 0.340 e. The van der Waals surface area contributed by atoms with E-state index in [9.17, 15) is 9.59 Å². The number of fused-ring (bicyclic) bond motifs is 1. The van der Waals surface area contributed by atoms with Crippen LogP contribution in [-0.4, -0.2) is 24.0 Å². The molecule has 1 atom stereocenters. The van der Waals surface area contributed by atoms with Crippen molar-refractivity contribution >= 4 is 44.4 Å². The summed E-state index contributed by atoms with van der Waals surface area (Å²) in [6.45, 7) is 1.92. The van der Waals surface area contributed by atoms with Gasteiger partial charge in [-0.1, -0.05) is 82.7 Å². The zero-order valence-corrected chi connectivity index (χ0v) is 22.9. The first-order valence-electron chi connectivity index (χ1n) is 12.3. The van der Waals surface area contributed by atoms with E-state index in [2.05, 4.69) is 21.2 Å². The lowest BCUT2D eigenvalue weighted by atomic mass is 10.0. The molecule has 0 fully saturated rings. The Labute approximate surface area is 234 Å². The fourth-order valence-corrected chi connectivity index (χ4v) is 4.73. The lowest BCUT2D eigenvalue weighted by Crippen LogP contribution is -2.26. The predicted octanol–water partition coefficient (Wildman–Crippen LogP) is 7.52. The van der Waals surface area contributed by atoms with Crippen LogP contribution in [0.1, 0.15) is 27.6 Å². The summed E-state index contributed by atoms with van der Waals surface area (Å²) in [5.41, 5.74) is 4.40. The molecule has 0 aliphatic rings. The first-order valence-corrected chi connectivity index (χ1v) is 13.1. The Hall–Kier alpha value is -4.49. The number of nitrogens with one attached hydrogen (secondary N) is 1. The second-order valence-electron chi connectivity index (χ2n) is 8.97. The summed E-state index contributed by atoms with van der Waals surface area (Å²) in [6, 6.07) is 31.2. The molecule has 0 aliphatic heterocycles. The summed E-state index contributed by atoms with van der Waals surface area (Å²) in [7, 11) is 1.53. The van der Waals surface area contributed by atoms with E-state index in [1.807, 2.05) is 67.6 Å². The van der Waals surface area contributed by atoms with Gasteiger partial charge in [-0.15, -0.1) is 0 Å². The topological polar surface area (TPSA) is 77.5 Å². The second-order valence-corrected chi connectivity index (χ2v) is 9.89. The number of hydrogen-bond acceptors (Lipinski definition) is 5. The number of ether oxygens (including phenoxy) is 2. The number of rotatable bonds is 7. The van der Waals surface area contributed by atoms with Crippen LogP contribution in [0.4, 0.5) is 5.69 Å². The number of esters is 1. The standard InChI is InChI=1S/C32H25BrN2O4/c1-20-15-16-29(38-2)28(17-20)35-31(36)30(21-9-4-3-5-10-21)39-32(37)25-19-27(22-11-8-12-23(33)18-22)34-26-14-7-6-13-24(25)26/h3-19,30H,1-2H3,(H,35,36). The van der Waals surface area contributed by atoms with Gasteiger partial charge in [0, 0.05) is 21.0 Å². The number of para-hydroxylation sites is 1. The van der Waals surface area contributed by atoms with E-state index in [4.69, 9.17) is 14.5 Å². The van der Waals surface area contributed by atoms with Crippen LogP contribution in [0.15, 0.2) is 108 Å². The number of carbonyl (C=O) groups is 2. The summed E-state index contributed by atoms with van der Waals surface area (Å²) >= 11 is 3.50. The molecule has 1 aromatic heterocycles. The van der Waals surface area contributed by atoms with Gasteiger partial charge in [-0.2, -0.15) is 0 Å². The van der Waals surface area contributed by atoms with Crippen molar-refractivity contribution in [1.29, 1.82) is 0 Å². The summed E-state index contributed by atoms with van der Waals surface area (Å²) in [5.74, 6) is -0.625. The highest BCUT2D eigenvalue weighted by Crippen LogP contribution is 2.31. The highest BCUT2D eigenvalue weighted by Gasteiger charge is 2.28. The smallest absolute Gasteiger partial charge is 0.340 e. The Morgan fingerprint density at radius 3 is 2.41 bits per heavy atom. The SMILES string of the molecule is COc1ccc(C)cc1NC(=O)C(OC(=O)c1cc(-c2cccc(Br)c2)nc2ccccc12)c1ccccc1. The van der Waals surface area contributed by atoms with E-state index in [1.54, 1.807) is 42.5 Å². The van der Waals surface area contributed by atoms with Gasteiger partial charge in [0.1, 0.15) is 5.75 Å². The first kappa shape index (κ1) is 26.1. The maximum atomic E-state index is 13.8. The van der Waals surface area contributed by atoms with Crippen molar-refractivity contribution < 1.29 is 19.1 Å². The minimum atomic E-state index is -1.20. The molecule has 0 bridgehead atoms. The molecule has 6 nitrogen and oxygen atoms in total. The molecule has 1 heterocycles. The number of amides is 1. The highest BCUT2D eigenvalue weighted by atomic mass is 79.9. The number of hydrogen-bond donors (Lipinski definition) is 1. The number of anilines is 1. The lowest BCUT2D eigenvalue weighted by Gasteiger charge is -2.20. The minimum absolute atomic E-state index is 0.317. The van der Waals surface area contributed by atoms with E-state index in [0.29, 0.717) is 39.2 Å². The van der Waals surface area contributed by atoms with Crippen molar-refractivity contribution in [2.75, 3.05) is 12.4 Å². The van der Waals surface area contributed by atoms with Gasteiger partial charge in [0.15, 0.2) is 0 Å². The first-order chi connectivity index (χ1) is 18.9. The summed E-state index contributed by atoms with van der Waals surface area (Å²) in [5, 5.41) is 3.51. The van der Waals surface area contributed by atoms with E-state index in [0.717, 1.165) is 15.6 Å². The van der Waals surface area contributed by atoms with Crippen LogP contribution in [0.25, 0.3) is 22.2 Å². The van der Waals surface area contributed by atoms with Crippen LogP contribution >= 0.6 is 15.9 Å². The third-order valence-corrected chi connectivity index (χ3v) is 6.73. The molecule has 1 amide bonds.